The minimum atomic E-state index is -3.60. The van der Waals surface area contributed by atoms with E-state index < -0.39 is 9.05 Å². The molecule has 0 N–H and O–H groups in total. The quantitative estimate of drug-likeness (QED) is 0.787. The Bertz CT molecular complexity index is 660. The lowest BCUT2D eigenvalue weighted by Gasteiger charge is -2.16. The molecule has 2 heterocycles. The third-order valence-corrected chi connectivity index (χ3v) is 4.56. The van der Waals surface area contributed by atoms with E-state index >= 15 is 0 Å². The van der Waals surface area contributed by atoms with Crippen LogP contribution in [0, 0.1) is 5.92 Å². The van der Waals surface area contributed by atoms with Crippen LogP contribution in [0.5, 0.6) is 11.5 Å². The van der Waals surface area contributed by atoms with Crippen LogP contribution >= 0.6 is 10.7 Å². The van der Waals surface area contributed by atoms with Crippen molar-refractivity contribution in [1.82, 2.24) is 0 Å². The molecule has 2 aliphatic rings. The van der Waals surface area contributed by atoms with Gasteiger partial charge in [0.05, 0.1) is 5.75 Å². The fourth-order valence-corrected chi connectivity index (χ4v) is 3.80. The molecule has 20 heavy (non-hydrogen) atoms. The van der Waals surface area contributed by atoms with Gasteiger partial charge in [0.25, 0.3) is 0 Å². The summed E-state index contributed by atoms with van der Waals surface area (Å²) in [4.78, 5) is 13.5. The Balaban J connectivity index is 1.79. The molecule has 0 bridgehead atoms. The molecule has 1 amide bonds. The fourth-order valence-electron chi connectivity index (χ4n) is 2.48. The van der Waals surface area contributed by atoms with Gasteiger partial charge in [0.1, 0.15) is 0 Å². The number of hydrogen-bond donors (Lipinski definition) is 0. The van der Waals surface area contributed by atoms with Gasteiger partial charge in [-0.25, -0.2) is 8.42 Å². The standard InChI is InChI=1S/C12H12ClNO5S/c13-20(16,17)6-8-3-12(15)14(5-8)9-1-2-10-11(4-9)19-7-18-10/h1-2,4,8H,3,5-7H2. The Morgan fingerprint density at radius 3 is 2.80 bits per heavy atom. The summed E-state index contributed by atoms with van der Waals surface area (Å²) in [7, 11) is 1.64. The zero-order valence-electron chi connectivity index (χ0n) is 10.4. The Kier molecular flexibility index (Phi) is 3.25. The Labute approximate surface area is 120 Å². The molecule has 1 atom stereocenters. The number of carbonyl (C=O) groups is 1. The first kappa shape index (κ1) is 13.5. The largest absolute Gasteiger partial charge is 0.454 e. The van der Waals surface area contributed by atoms with Crippen molar-refractivity contribution in [3.8, 4) is 11.5 Å². The summed E-state index contributed by atoms with van der Waals surface area (Å²) in [5.74, 6) is 0.634. The second-order valence-electron chi connectivity index (χ2n) is 4.82. The number of hydrogen-bond acceptors (Lipinski definition) is 5. The molecular weight excluding hydrogens is 306 g/mol. The van der Waals surface area contributed by atoms with Gasteiger partial charge in [-0.15, -0.1) is 0 Å². The van der Waals surface area contributed by atoms with Crippen molar-refractivity contribution >= 4 is 31.3 Å². The Morgan fingerprint density at radius 2 is 2.05 bits per heavy atom. The van der Waals surface area contributed by atoms with Gasteiger partial charge in [-0.3, -0.25) is 4.79 Å². The molecule has 6 nitrogen and oxygen atoms in total. The Hall–Kier alpha value is -1.47. The van der Waals surface area contributed by atoms with E-state index in [2.05, 4.69) is 0 Å². The first-order valence-corrected chi connectivity index (χ1v) is 8.52. The average Bonchev–Trinajstić information content (AvgIpc) is 2.92. The van der Waals surface area contributed by atoms with Crippen LogP contribution in [0.2, 0.25) is 0 Å². The number of ether oxygens (including phenoxy) is 2. The zero-order valence-corrected chi connectivity index (χ0v) is 12.0. The van der Waals surface area contributed by atoms with E-state index in [4.69, 9.17) is 20.2 Å². The number of nitrogens with zero attached hydrogens (tertiary/aromatic N) is 1. The maximum absolute atomic E-state index is 12.0. The van der Waals surface area contributed by atoms with Gasteiger partial charge in [0.2, 0.25) is 21.8 Å². The molecule has 1 unspecified atom stereocenters. The molecule has 0 aliphatic carbocycles. The van der Waals surface area contributed by atoms with Crippen LogP contribution in [0.15, 0.2) is 18.2 Å². The topological polar surface area (TPSA) is 72.9 Å². The van der Waals surface area contributed by atoms with Crippen molar-refractivity contribution in [1.29, 1.82) is 0 Å². The molecule has 2 aliphatic heterocycles. The van der Waals surface area contributed by atoms with E-state index in [1.807, 2.05) is 0 Å². The lowest BCUT2D eigenvalue weighted by molar-refractivity contribution is -0.117. The minimum Gasteiger partial charge on any atom is -0.454 e. The SMILES string of the molecule is O=C1CC(CS(=O)(=O)Cl)CN1c1ccc2c(c1)OCO2. The Morgan fingerprint density at radius 1 is 1.30 bits per heavy atom. The lowest BCUT2D eigenvalue weighted by atomic mass is 10.1. The summed E-state index contributed by atoms with van der Waals surface area (Å²) in [6.45, 7) is 0.504. The van der Waals surface area contributed by atoms with Crippen LogP contribution in [0.3, 0.4) is 0 Å². The predicted molar refractivity (Wildman–Crippen MR) is 72.7 cm³/mol. The van der Waals surface area contributed by atoms with E-state index in [1.54, 1.807) is 23.1 Å². The number of halogens is 1. The van der Waals surface area contributed by atoms with Crippen LogP contribution < -0.4 is 14.4 Å². The number of rotatable bonds is 3. The monoisotopic (exact) mass is 317 g/mol. The van der Waals surface area contributed by atoms with Crippen molar-refractivity contribution in [2.24, 2.45) is 5.92 Å². The normalized spacial score (nSPS) is 21.6. The molecular formula is C12H12ClNO5S. The smallest absolute Gasteiger partial charge is 0.232 e. The summed E-state index contributed by atoms with van der Waals surface area (Å²) in [6, 6.07) is 5.21. The average molecular weight is 318 g/mol. The molecule has 0 spiro atoms. The fraction of sp³-hybridized carbons (Fsp3) is 0.417. The molecule has 1 aromatic rings. The van der Waals surface area contributed by atoms with E-state index in [1.165, 1.54) is 0 Å². The highest BCUT2D eigenvalue weighted by atomic mass is 35.7. The first-order chi connectivity index (χ1) is 9.42. The van der Waals surface area contributed by atoms with Gasteiger partial charge in [-0.2, -0.15) is 0 Å². The van der Waals surface area contributed by atoms with E-state index in [-0.39, 0.29) is 30.8 Å². The first-order valence-electron chi connectivity index (χ1n) is 6.05. The van der Waals surface area contributed by atoms with Gasteiger partial charge in [0, 0.05) is 41.3 Å². The summed E-state index contributed by atoms with van der Waals surface area (Å²) in [5, 5.41) is 0. The van der Waals surface area contributed by atoms with E-state index in [0.29, 0.717) is 23.7 Å². The number of carbonyl (C=O) groups excluding carboxylic acids is 1. The summed E-state index contributed by atoms with van der Waals surface area (Å²) < 4.78 is 32.7. The molecule has 108 valence electrons. The molecule has 8 heteroatoms. The van der Waals surface area contributed by atoms with Crippen LogP contribution in [-0.4, -0.2) is 33.4 Å². The lowest BCUT2D eigenvalue weighted by Crippen LogP contribution is -2.25. The van der Waals surface area contributed by atoms with Crippen LogP contribution in [-0.2, 0) is 13.8 Å². The van der Waals surface area contributed by atoms with Crippen molar-refractivity contribution in [2.45, 2.75) is 6.42 Å². The van der Waals surface area contributed by atoms with Crippen molar-refractivity contribution in [2.75, 3.05) is 24.0 Å². The van der Waals surface area contributed by atoms with Crippen molar-refractivity contribution < 1.29 is 22.7 Å². The molecule has 1 fully saturated rings. The maximum Gasteiger partial charge on any atom is 0.232 e. The predicted octanol–water partition coefficient (Wildman–Crippen LogP) is 1.34. The third-order valence-electron chi connectivity index (χ3n) is 3.31. The second-order valence-corrected chi connectivity index (χ2v) is 7.64. The zero-order chi connectivity index (χ0) is 14.3. The van der Waals surface area contributed by atoms with Gasteiger partial charge in [-0.05, 0) is 12.1 Å². The van der Waals surface area contributed by atoms with Gasteiger partial charge in [0.15, 0.2) is 11.5 Å². The molecule has 0 saturated carbocycles. The van der Waals surface area contributed by atoms with Gasteiger partial charge in [-0.1, -0.05) is 0 Å². The minimum absolute atomic E-state index is 0.116. The molecule has 3 rings (SSSR count). The third kappa shape index (κ3) is 2.69. The molecule has 1 saturated heterocycles. The van der Waals surface area contributed by atoms with Gasteiger partial charge < -0.3 is 14.4 Å². The van der Waals surface area contributed by atoms with Crippen LogP contribution in [0.4, 0.5) is 5.69 Å². The second kappa shape index (κ2) is 4.82. The number of benzene rings is 1. The van der Waals surface area contributed by atoms with Crippen LogP contribution in [0.1, 0.15) is 6.42 Å². The maximum atomic E-state index is 12.0. The highest BCUT2D eigenvalue weighted by Crippen LogP contribution is 2.37. The van der Waals surface area contributed by atoms with E-state index in [0.717, 1.165) is 0 Å². The highest BCUT2D eigenvalue weighted by molar-refractivity contribution is 8.13. The summed E-state index contributed by atoms with van der Waals surface area (Å²) in [5.41, 5.74) is 0.675. The van der Waals surface area contributed by atoms with Crippen LogP contribution in [0.25, 0.3) is 0 Å². The summed E-state index contributed by atoms with van der Waals surface area (Å²) >= 11 is 0. The molecule has 0 radical (unpaired) electrons. The molecule has 1 aromatic carbocycles. The number of fused-ring (bicyclic) bond motifs is 1. The van der Waals surface area contributed by atoms with Crippen molar-refractivity contribution in [3.05, 3.63) is 18.2 Å². The van der Waals surface area contributed by atoms with E-state index in [9.17, 15) is 13.2 Å². The van der Waals surface area contributed by atoms with Crippen molar-refractivity contribution in [3.63, 3.8) is 0 Å². The number of anilines is 1. The highest BCUT2D eigenvalue weighted by Gasteiger charge is 2.33. The number of amides is 1. The van der Waals surface area contributed by atoms with Gasteiger partial charge >= 0.3 is 0 Å². The summed E-state index contributed by atoms with van der Waals surface area (Å²) in [6.07, 6.45) is 0.181. The molecule has 0 aromatic heterocycles.